The van der Waals surface area contributed by atoms with Gasteiger partial charge in [0, 0.05) is 38.3 Å². The van der Waals surface area contributed by atoms with Crippen molar-refractivity contribution in [2.24, 2.45) is 5.92 Å². The van der Waals surface area contributed by atoms with Crippen molar-refractivity contribution in [3.05, 3.63) is 0 Å². The number of likely N-dealkylation sites (tertiary alicyclic amines) is 2. The summed E-state index contributed by atoms with van der Waals surface area (Å²) in [6, 6.07) is 0.429. The number of urea groups is 1. The van der Waals surface area contributed by atoms with Crippen LogP contribution in [0, 0.1) is 5.92 Å². The average Bonchev–Trinajstić information content (AvgIpc) is 2.59. The molecule has 2 aliphatic rings. The molecule has 0 aromatic heterocycles. The van der Waals surface area contributed by atoms with Gasteiger partial charge < -0.3 is 25.2 Å². The van der Waals surface area contributed by atoms with E-state index in [-0.39, 0.29) is 18.2 Å². The lowest BCUT2D eigenvalue weighted by atomic mass is 9.97. The van der Waals surface area contributed by atoms with Crippen LogP contribution >= 0.6 is 0 Å². The average molecular weight is 340 g/mol. The van der Waals surface area contributed by atoms with Crippen LogP contribution in [0.4, 0.5) is 9.59 Å². The summed E-state index contributed by atoms with van der Waals surface area (Å²) in [5.74, 6) is 0.518. The molecule has 3 amide bonds. The van der Waals surface area contributed by atoms with Gasteiger partial charge in [-0.15, -0.1) is 0 Å². The van der Waals surface area contributed by atoms with Crippen LogP contribution in [0.3, 0.4) is 0 Å². The first-order valence-corrected chi connectivity index (χ1v) is 9.11. The van der Waals surface area contributed by atoms with Gasteiger partial charge >= 0.3 is 12.1 Å². The van der Waals surface area contributed by atoms with Crippen molar-refractivity contribution in [1.29, 1.82) is 0 Å². The molecular weight excluding hydrogens is 308 g/mol. The second kappa shape index (κ2) is 9.11. The molecule has 7 nitrogen and oxygen atoms in total. The molecule has 2 aliphatic heterocycles. The zero-order valence-electron chi connectivity index (χ0n) is 15.2. The van der Waals surface area contributed by atoms with E-state index < -0.39 is 0 Å². The number of rotatable bonds is 4. The van der Waals surface area contributed by atoms with Crippen LogP contribution < -0.4 is 10.6 Å². The minimum absolute atomic E-state index is 0.00336. The Morgan fingerprint density at radius 2 is 1.92 bits per heavy atom. The van der Waals surface area contributed by atoms with Crippen LogP contribution in [-0.2, 0) is 4.74 Å². The maximum atomic E-state index is 12.1. The molecule has 7 heteroatoms. The first kappa shape index (κ1) is 18.8. The molecule has 2 heterocycles. The zero-order chi connectivity index (χ0) is 17.5. The van der Waals surface area contributed by atoms with E-state index in [2.05, 4.69) is 29.4 Å². The molecule has 0 radical (unpaired) electrons. The van der Waals surface area contributed by atoms with Crippen LogP contribution in [0.5, 0.6) is 0 Å². The fraction of sp³-hybridized carbons (Fsp3) is 0.882. The number of methoxy groups -OCH3 is 1. The molecule has 0 aromatic rings. The Labute approximate surface area is 145 Å². The highest BCUT2D eigenvalue weighted by atomic mass is 16.5. The molecule has 0 aliphatic carbocycles. The second-order valence-corrected chi connectivity index (χ2v) is 7.21. The highest BCUT2D eigenvalue weighted by Crippen LogP contribution is 2.17. The smallest absolute Gasteiger partial charge is 0.409 e. The Morgan fingerprint density at radius 1 is 1.17 bits per heavy atom. The van der Waals surface area contributed by atoms with Gasteiger partial charge in [0.15, 0.2) is 0 Å². The summed E-state index contributed by atoms with van der Waals surface area (Å²) in [6.45, 7) is 8.58. The number of nitrogens with one attached hydrogen (secondary N) is 2. The fourth-order valence-corrected chi connectivity index (χ4v) is 3.60. The Balaban J connectivity index is 1.70. The van der Waals surface area contributed by atoms with Crippen molar-refractivity contribution in [3.63, 3.8) is 0 Å². The largest absolute Gasteiger partial charge is 0.453 e. The Bertz CT molecular complexity index is 430. The molecule has 2 unspecified atom stereocenters. The number of amides is 3. The van der Waals surface area contributed by atoms with Gasteiger partial charge in [0.05, 0.1) is 7.11 Å². The van der Waals surface area contributed by atoms with E-state index >= 15 is 0 Å². The van der Waals surface area contributed by atoms with Gasteiger partial charge in [-0.2, -0.15) is 0 Å². The number of carbonyl (C=O) groups is 2. The fourth-order valence-electron chi connectivity index (χ4n) is 3.60. The van der Waals surface area contributed by atoms with E-state index in [0.29, 0.717) is 31.6 Å². The minimum atomic E-state index is -0.321. The van der Waals surface area contributed by atoms with Crippen LogP contribution in [0.15, 0.2) is 0 Å². The third-order valence-electron chi connectivity index (χ3n) is 5.02. The highest BCUT2D eigenvalue weighted by molar-refractivity contribution is 5.74. The van der Waals surface area contributed by atoms with Crippen LogP contribution in [-0.4, -0.2) is 73.8 Å². The Hall–Kier alpha value is -1.50. The molecule has 2 N–H and O–H groups in total. The lowest BCUT2D eigenvalue weighted by Gasteiger charge is -2.35. The molecular formula is C17H32N4O3. The van der Waals surface area contributed by atoms with Crippen LogP contribution in [0.2, 0.25) is 0 Å². The maximum absolute atomic E-state index is 12.1. The maximum Gasteiger partial charge on any atom is 0.409 e. The highest BCUT2D eigenvalue weighted by Gasteiger charge is 2.26. The molecule has 2 saturated heterocycles. The minimum Gasteiger partial charge on any atom is -0.453 e. The van der Waals surface area contributed by atoms with Crippen molar-refractivity contribution in [3.8, 4) is 0 Å². The molecule has 2 atom stereocenters. The van der Waals surface area contributed by atoms with Crippen molar-refractivity contribution in [2.45, 2.75) is 51.6 Å². The monoisotopic (exact) mass is 340 g/mol. The van der Waals surface area contributed by atoms with E-state index in [4.69, 9.17) is 4.74 Å². The summed E-state index contributed by atoms with van der Waals surface area (Å²) < 4.78 is 4.75. The molecule has 0 spiro atoms. The van der Waals surface area contributed by atoms with Gasteiger partial charge in [0.2, 0.25) is 0 Å². The molecule has 2 rings (SSSR count). The molecule has 0 saturated carbocycles. The molecule has 0 aromatic carbocycles. The number of carbonyl (C=O) groups excluding carboxylic acids is 2. The predicted octanol–water partition coefficient (Wildman–Crippen LogP) is 1.64. The molecule has 2 fully saturated rings. The van der Waals surface area contributed by atoms with E-state index in [1.165, 1.54) is 20.0 Å². The third-order valence-corrected chi connectivity index (χ3v) is 5.02. The lowest BCUT2D eigenvalue weighted by Crippen LogP contribution is -2.53. The molecule has 0 bridgehead atoms. The summed E-state index contributed by atoms with van der Waals surface area (Å²) in [7, 11) is 1.39. The number of hydrogen-bond donors (Lipinski definition) is 2. The quantitative estimate of drug-likeness (QED) is 0.816. The molecule has 138 valence electrons. The van der Waals surface area contributed by atoms with Gasteiger partial charge in [-0.3, -0.25) is 0 Å². The zero-order valence-corrected chi connectivity index (χ0v) is 15.2. The van der Waals surface area contributed by atoms with Gasteiger partial charge in [-0.25, -0.2) is 9.59 Å². The summed E-state index contributed by atoms with van der Waals surface area (Å²) in [5, 5.41) is 5.99. The van der Waals surface area contributed by atoms with E-state index in [0.717, 1.165) is 25.9 Å². The first-order valence-electron chi connectivity index (χ1n) is 9.11. The first-order chi connectivity index (χ1) is 11.5. The topological polar surface area (TPSA) is 73.9 Å². The van der Waals surface area contributed by atoms with Crippen molar-refractivity contribution in [1.82, 2.24) is 20.4 Å². The summed E-state index contributed by atoms with van der Waals surface area (Å²) in [4.78, 5) is 27.9. The van der Waals surface area contributed by atoms with Gasteiger partial charge in [0.25, 0.3) is 0 Å². The van der Waals surface area contributed by atoms with Gasteiger partial charge in [-0.1, -0.05) is 0 Å². The van der Waals surface area contributed by atoms with Crippen molar-refractivity contribution >= 4 is 12.1 Å². The number of nitrogens with zero attached hydrogens (tertiary/aromatic N) is 2. The second-order valence-electron chi connectivity index (χ2n) is 7.21. The third kappa shape index (κ3) is 5.54. The Kier molecular flexibility index (Phi) is 7.15. The normalized spacial score (nSPS) is 25.4. The SMILES string of the molecule is COC(=O)N1CCCC(NC(=O)NCC2CCCN(C(C)C)C2)C1. The van der Waals surface area contributed by atoms with Crippen LogP contribution in [0.1, 0.15) is 39.5 Å². The predicted molar refractivity (Wildman–Crippen MR) is 93.0 cm³/mol. The number of piperidine rings is 2. The van der Waals surface area contributed by atoms with E-state index in [1.807, 2.05) is 0 Å². The number of hydrogen-bond acceptors (Lipinski definition) is 4. The van der Waals surface area contributed by atoms with E-state index in [1.54, 1.807) is 4.90 Å². The lowest BCUT2D eigenvalue weighted by molar-refractivity contribution is 0.107. The van der Waals surface area contributed by atoms with Crippen LogP contribution in [0.25, 0.3) is 0 Å². The van der Waals surface area contributed by atoms with Gasteiger partial charge in [-0.05, 0) is 52.0 Å². The summed E-state index contributed by atoms with van der Waals surface area (Å²) >= 11 is 0. The summed E-state index contributed by atoms with van der Waals surface area (Å²) in [5.41, 5.74) is 0. The number of ether oxygens (including phenoxy) is 1. The standard InChI is InChI=1S/C17H32N4O3/c1-13(2)20-8-4-6-14(11-20)10-18-16(22)19-15-7-5-9-21(12-15)17(23)24-3/h13-15H,4-12H2,1-3H3,(H2,18,19,22). The van der Waals surface area contributed by atoms with Crippen molar-refractivity contribution in [2.75, 3.05) is 39.8 Å². The van der Waals surface area contributed by atoms with E-state index in [9.17, 15) is 9.59 Å². The summed E-state index contributed by atoms with van der Waals surface area (Å²) in [6.07, 6.45) is 3.82. The van der Waals surface area contributed by atoms with Gasteiger partial charge in [0.1, 0.15) is 0 Å². The Morgan fingerprint density at radius 3 is 2.62 bits per heavy atom. The molecule has 24 heavy (non-hydrogen) atoms. The van der Waals surface area contributed by atoms with Crippen molar-refractivity contribution < 1.29 is 14.3 Å².